The van der Waals surface area contributed by atoms with E-state index < -0.39 is 40.8 Å². The number of hydrogen-bond acceptors (Lipinski definition) is 6. The summed E-state index contributed by atoms with van der Waals surface area (Å²) in [5, 5.41) is 0. The second kappa shape index (κ2) is 10.1. The van der Waals surface area contributed by atoms with Crippen molar-refractivity contribution in [1.82, 2.24) is 14.5 Å². The van der Waals surface area contributed by atoms with Crippen molar-refractivity contribution in [2.45, 2.75) is 37.1 Å². The minimum absolute atomic E-state index is 0.0582. The van der Waals surface area contributed by atoms with E-state index in [4.69, 9.17) is 5.73 Å². The van der Waals surface area contributed by atoms with Gasteiger partial charge in [-0.15, -0.1) is 0 Å². The fraction of sp³-hybridized carbons (Fsp3) is 0.550. The van der Waals surface area contributed by atoms with E-state index in [1.165, 1.54) is 26.8 Å². The Morgan fingerprint density at radius 1 is 1.15 bits per heavy atom. The van der Waals surface area contributed by atoms with Crippen LogP contribution < -0.4 is 15.4 Å². The molecule has 182 valence electrons. The number of hydrogen-bond donors (Lipinski definition) is 2. The standard InChI is InChI=1S/C20H27F2N5O5S/c1-13-14(27-7-3-6-17(27)28)4-2-5-15(13)33(31,32)24-18(19(23)29)20(30)26-10-8-25(9-11-26)12-16(21)22/h2,4-5,16,18,24H,3,6-12H2,1H3,(H2,23,29)/t18-/m0/s1. The molecule has 1 aromatic carbocycles. The number of halogens is 2. The van der Waals surface area contributed by atoms with E-state index >= 15 is 0 Å². The number of alkyl halides is 2. The summed E-state index contributed by atoms with van der Waals surface area (Å²) in [6, 6.07) is 2.57. The zero-order chi connectivity index (χ0) is 24.3. The van der Waals surface area contributed by atoms with Gasteiger partial charge in [-0.2, -0.15) is 4.72 Å². The lowest BCUT2D eigenvalue weighted by molar-refractivity contribution is -0.139. The highest BCUT2D eigenvalue weighted by Gasteiger charge is 2.36. The van der Waals surface area contributed by atoms with Crippen molar-refractivity contribution in [3.05, 3.63) is 23.8 Å². The third-order valence-electron chi connectivity index (χ3n) is 5.79. The van der Waals surface area contributed by atoms with E-state index in [1.807, 2.05) is 0 Å². The Morgan fingerprint density at radius 3 is 2.36 bits per heavy atom. The first-order valence-electron chi connectivity index (χ1n) is 10.5. The first-order chi connectivity index (χ1) is 15.5. The molecule has 2 aliphatic heterocycles. The first kappa shape index (κ1) is 25.0. The van der Waals surface area contributed by atoms with Gasteiger partial charge in [0, 0.05) is 44.8 Å². The van der Waals surface area contributed by atoms with Crippen molar-refractivity contribution in [3.8, 4) is 0 Å². The Bertz CT molecular complexity index is 1030. The predicted octanol–water partition coefficient (Wildman–Crippen LogP) is -0.337. The molecule has 10 nitrogen and oxygen atoms in total. The van der Waals surface area contributed by atoms with Gasteiger partial charge >= 0.3 is 0 Å². The summed E-state index contributed by atoms with van der Waals surface area (Å²) < 4.78 is 53.4. The molecule has 1 aromatic rings. The number of nitrogens with two attached hydrogens (primary N) is 1. The van der Waals surface area contributed by atoms with Gasteiger partial charge in [0.25, 0.3) is 12.3 Å². The molecule has 0 unspecified atom stereocenters. The molecule has 0 radical (unpaired) electrons. The third-order valence-corrected chi connectivity index (χ3v) is 7.36. The minimum atomic E-state index is -4.36. The Morgan fingerprint density at radius 2 is 1.82 bits per heavy atom. The lowest BCUT2D eigenvalue weighted by Gasteiger charge is -2.35. The fourth-order valence-corrected chi connectivity index (χ4v) is 5.49. The Balaban J connectivity index is 1.77. The molecule has 0 aliphatic carbocycles. The number of benzene rings is 1. The average molecular weight is 488 g/mol. The van der Waals surface area contributed by atoms with Crippen molar-refractivity contribution >= 4 is 33.4 Å². The van der Waals surface area contributed by atoms with Crippen LogP contribution in [0.2, 0.25) is 0 Å². The number of carbonyl (C=O) groups is 3. The molecule has 13 heteroatoms. The number of anilines is 1. The largest absolute Gasteiger partial charge is 0.368 e. The van der Waals surface area contributed by atoms with Gasteiger partial charge < -0.3 is 15.5 Å². The van der Waals surface area contributed by atoms with Crippen molar-refractivity contribution in [2.75, 3.05) is 44.2 Å². The van der Waals surface area contributed by atoms with Crippen molar-refractivity contribution in [3.63, 3.8) is 0 Å². The molecule has 1 atom stereocenters. The highest BCUT2D eigenvalue weighted by atomic mass is 32.2. The highest BCUT2D eigenvalue weighted by molar-refractivity contribution is 7.89. The SMILES string of the molecule is Cc1c(N2CCCC2=O)cccc1S(=O)(=O)N[C@@H](C(N)=O)C(=O)N1CCN(CC(F)F)CC1. The molecule has 3 rings (SSSR count). The second-order valence-electron chi connectivity index (χ2n) is 8.02. The van der Waals surface area contributed by atoms with Crippen LogP contribution >= 0.6 is 0 Å². The Labute approximate surface area is 190 Å². The second-order valence-corrected chi connectivity index (χ2v) is 9.71. The maximum Gasteiger partial charge on any atom is 0.251 e. The molecule has 0 spiro atoms. The van der Waals surface area contributed by atoms with E-state index in [9.17, 15) is 31.6 Å². The molecule has 2 heterocycles. The molecule has 0 saturated carbocycles. The molecule has 33 heavy (non-hydrogen) atoms. The summed E-state index contributed by atoms with van der Waals surface area (Å²) >= 11 is 0. The lowest BCUT2D eigenvalue weighted by Crippen LogP contribution is -2.59. The van der Waals surface area contributed by atoms with Crippen molar-refractivity contribution < 1.29 is 31.6 Å². The van der Waals surface area contributed by atoms with E-state index in [0.29, 0.717) is 30.6 Å². The van der Waals surface area contributed by atoms with Crippen LogP contribution in [0, 0.1) is 6.92 Å². The minimum Gasteiger partial charge on any atom is -0.368 e. The van der Waals surface area contributed by atoms with E-state index in [-0.39, 0.29) is 37.0 Å². The number of rotatable bonds is 8. The number of carbonyl (C=O) groups excluding carboxylic acids is 3. The molecule has 2 saturated heterocycles. The Kier molecular flexibility index (Phi) is 7.65. The van der Waals surface area contributed by atoms with Gasteiger partial charge in [0.1, 0.15) is 0 Å². The van der Waals surface area contributed by atoms with Crippen LogP contribution in [-0.4, -0.2) is 87.7 Å². The number of piperazine rings is 1. The van der Waals surface area contributed by atoms with Gasteiger partial charge in [-0.05, 0) is 31.0 Å². The molecule has 0 aromatic heterocycles. The van der Waals surface area contributed by atoms with Gasteiger partial charge in [0.2, 0.25) is 21.8 Å². The van der Waals surface area contributed by atoms with Crippen molar-refractivity contribution in [2.24, 2.45) is 5.73 Å². The monoisotopic (exact) mass is 487 g/mol. The predicted molar refractivity (Wildman–Crippen MR) is 115 cm³/mol. The van der Waals surface area contributed by atoms with Gasteiger partial charge in [-0.3, -0.25) is 19.3 Å². The smallest absolute Gasteiger partial charge is 0.251 e. The van der Waals surface area contributed by atoms with Gasteiger partial charge in [0.15, 0.2) is 6.04 Å². The first-order valence-corrected chi connectivity index (χ1v) is 12.0. The van der Waals surface area contributed by atoms with E-state index in [1.54, 1.807) is 13.0 Å². The lowest BCUT2D eigenvalue weighted by atomic mass is 10.2. The summed E-state index contributed by atoms with van der Waals surface area (Å²) in [7, 11) is -4.36. The zero-order valence-corrected chi connectivity index (χ0v) is 19.0. The summed E-state index contributed by atoms with van der Waals surface area (Å²) in [5.41, 5.74) is 6.08. The van der Waals surface area contributed by atoms with E-state index in [2.05, 4.69) is 4.72 Å². The van der Waals surface area contributed by atoms with Crippen LogP contribution in [0.3, 0.4) is 0 Å². The van der Waals surface area contributed by atoms with Crippen LogP contribution in [0.4, 0.5) is 14.5 Å². The Hall–Kier alpha value is -2.64. The fourth-order valence-electron chi connectivity index (χ4n) is 4.07. The summed E-state index contributed by atoms with van der Waals surface area (Å²) in [4.78, 5) is 41.0. The van der Waals surface area contributed by atoms with E-state index in [0.717, 1.165) is 0 Å². The van der Waals surface area contributed by atoms with Gasteiger partial charge in [-0.25, -0.2) is 17.2 Å². The quantitative estimate of drug-likeness (QED) is 0.482. The van der Waals surface area contributed by atoms with Crippen LogP contribution in [0.5, 0.6) is 0 Å². The normalized spacial score (nSPS) is 18.7. The molecular formula is C20H27F2N5O5S. The number of sulfonamides is 1. The summed E-state index contributed by atoms with van der Waals surface area (Å²) in [6.45, 7) is 2.03. The van der Waals surface area contributed by atoms with Crippen LogP contribution in [0.15, 0.2) is 23.1 Å². The summed E-state index contributed by atoms with van der Waals surface area (Å²) in [6.07, 6.45) is -1.47. The number of nitrogens with one attached hydrogen (secondary N) is 1. The van der Waals surface area contributed by atoms with Crippen LogP contribution in [-0.2, 0) is 24.4 Å². The van der Waals surface area contributed by atoms with Gasteiger partial charge in [0.05, 0.1) is 11.4 Å². The maximum atomic E-state index is 13.1. The molecular weight excluding hydrogens is 460 g/mol. The van der Waals surface area contributed by atoms with Gasteiger partial charge in [-0.1, -0.05) is 6.07 Å². The van der Waals surface area contributed by atoms with Crippen LogP contribution in [0.1, 0.15) is 18.4 Å². The number of nitrogens with zero attached hydrogens (tertiary/aromatic N) is 3. The zero-order valence-electron chi connectivity index (χ0n) is 18.2. The third kappa shape index (κ3) is 5.65. The molecule has 2 aliphatic rings. The average Bonchev–Trinajstić information content (AvgIpc) is 3.17. The van der Waals surface area contributed by atoms with Crippen LogP contribution in [0.25, 0.3) is 0 Å². The molecule has 0 bridgehead atoms. The molecule has 3 N–H and O–H groups in total. The molecule has 2 fully saturated rings. The number of primary amides is 1. The maximum absolute atomic E-state index is 13.1. The molecule has 3 amide bonds. The number of amides is 3. The topological polar surface area (TPSA) is 133 Å². The highest BCUT2D eigenvalue weighted by Crippen LogP contribution is 2.29. The summed E-state index contributed by atoms with van der Waals surface area (Å²) in [5.74, 6) is -2.13. The van der Waals surface area contributed by atoms with Crippen molar-refractivity contribution in [1.29, 1.82) is 0 Å².